The number of halogens is 1. The molecule has 0 amide bonds. The van der Waals surface area contributed by atoms with Crippen molar-refractivity contribution in [2.24, 2.45) is 5.73 Å². The first-order chi connectivity index (χ1) is 8.72. The SMILES string of the molecule is NCc1ncccc1CS(=O)c1ccccc1F. The molecule has 5 heteroatoms. The maximum Gasteiger partial charge on any atom is 0.139 e. The Labute approximate surface area is 107 Å². The molecule has 2 aromatic rings. The van der Waals surface area contributed by atoms with Crippen molar-refractivity contribution in [2.75, 3.05) is 0 Å². The van der Waals surface area contributed by atoms with Crippen LogP contribution >= 0.6 is 0 Å². The second-order valence-electron chi connectivity index (χ2n) is 3.73. The van der Waals surface area contributed by atoms with Gasteiger partial charge in [-0.25, -0.2) is 4.39 Å². The molecule has 1 heterocycles. The minimum Gasteiger partial charge on any atom is -0.325 e. The van der Waals surface area contributed by atoms with Gasteiger partial charge < -0.3 is 5.73 Å². The highest BCUT2D eigenvalue weighted by Gasteiger charge is 2.12. The molecule has 94 valence electrons. The van der Waals surface area contributed by atoms with E-state index in [-0.39, 0.29) is 17.2 Å². The maximum atomic E-state index is 13.5. The molecule has 1 atom stereocenters. The van der Waals surface area contributed by atoms with Crippen molar-refractivity contribution in [2.45, 2.75) is 17.2 Å². The van der Waals surface area contributed by atoms with Crippen molar-refractivity contribution in [3.8, 4) is 0 Å². The third kappa shape index (κ3) is 2.80. The van der Waals surface area contributed by atoms with E-state index in [9.17, 15) is 8.60 Å². The van der Waals surface area contributed by atoms with E-state index in [1.807, 2.05) is 6.07 Å². The summed E-state index contributed by atoms with van der Waals surface area (Å²) in [6, 6.07) is 9.65. The minimum absolute atomic E-state index is 0.212. The molecule has 0 aliphatic heterocycles. The van der Waals surface area contributed by atoms with Gasteiger partial charge in [0.25, 0.3) is 0 Å². The Morgan fingerprint density at radius 3 is 2.72 bits per heavy atom. The Hall–Kier alpha value is -1.59. The Morgan fingerprint density at radius 2 is 2.00 bits per heavy atom. The van der Waals surface area contributed by atoms with Crippen LogP contribution in [0.1, 0.15) is 11.3 Å². The van der Waals surface area contributed by atoms with Gasteiger partial charge in [0.2, 0.25) is 0 Å². The highest BCUT2D eigenvalue weighted by molar-refractivity contribution is 7.84. The molecule has 1 aromatic carbocycles. The number of rotatable bonds is 4. The molecule has 0 bridgehead atoms. The van der Waals surface area contributed by atoms with Gasteiger partial charge in [-0.1, -0.05) is 18.2 Å². The van der Waals surface area contributed by atoms with E-state index in [1.54, 1.807) is 24.4 Å². The van der Waals surface area contributed by atoms with Crippen LogP contribution in [-0.2, 0) is 23.1 Å². The molecular formula is C13H13FN2OS. The number of hydrogen-bond acceptors (Lipinski definition) is 3. The summed E-state index contributed by atoms with van der Waals surface area (Å²) < 4.78 is 25.6. The van der Waals surface area contributed by atoms with Crippen LogP contribution in [0, 0.1) is 5.82 Å². The molecule has 1 aromatic heterocycles. The Balaban J connectivity index is 2.24. The average Bonchev–Trinajstić information content (AvgIpc) is 2.39. The van der Waals surface area contributed by atoms with Crippen LogP contribution < -0.4 is 5.73 Å². The van der Waals surface area contributed by atoms with Crippen LogP contribution in [0.3, 0.4) is 0 Å². The summed E-state index contributed by atoms with van der Waals surface area (Å²) in [5.41, 5.74) is 7.05. The first-order valence-corrected chi connectivity index (χ1v) is 6.80. The second kappa shape index (κ2) is 5.84. The van der Waals surface area contributed by atoms with E-state index in [4.69, 9.17) is 5.73 Å². The van der Waals surface area contributed by atoms with Gasteiger partial charge in [0.05, 0.1) is 27.1 Å². The zero-order valence-corrected chi connectivity index (χ0v) is 10.5. The number of hydrogen-bond donors (Lipinski definition) is 1. The number of aromatic nitrogens is 1. The van der Waals surface area contributed by atoms with Crippen LogP contribution in [0.25, 0.3) is 0 Å². The minimum atomic E-state index is -1.43. The van der Waals surface area contributed by atoms with Gasteiger partial charge >= 0.3 is 0 Å². The molecule has 0 saturated carbocycles. The summed E-state index contributed by atoms with van der Waals surface area (Å²) in [4.78, 5) is 4.33. The van der Waals surface area contributed by atoms with Gasteiger partial charge in [-0.3, -0.25) is 9.19 Å². The highest BCUT2D eigenvalue weighted by atomic mass is 32.2. The summed E-state index contributed by atoms with van der Waals surface area (Å²) in [5.74, 6) is -0.226. The smallest absolute Gasteiger partial charge is 0.139 e. The third-order valence-corrected chi connectivity index (χ3v) is 3.94. The molecule has 3 nitrogen and oxygen atoms in total. The van der Waals surface area contributed by atoms with Crippen LogP contribution in [-0.4, -0.2) is 9.19 Å². The number of pyridine rings is 1. The summed E-state index contributed by atoms with van der Waals surface area (Å²) in [6.07, 6.45) is 1.64. The van der Waals surface area contributed by atoms with E-state index in [0.29, 0.717) is 5.69 Å². The van der Waals surface area contributed by atoms with Crippen molar-refractivity contribution in [3.05, 3.63) is 59.7 Å². The van der Waals surface area contributed by atoms with Gasteiger partial charge in [0.1, 0.15) is 5.82 Å². The predicted octanol–water partition coefficient (Wildman–Crippen LogP) is 1.99. The number of nitrogens with two attached hydrogens (primary N) is 1. The van der Waals surface area contributed by atoms with Crippen molar-refractivity contribution in [1.82, 2.24) is 4.98 Å². The predicted molar refractivity (Wildman–Crippen MR) is 68.6 cm³/mol. The normalized spacial score (nSPS) is 12.3. The van der Waals surface area contributed by atoms with Crippen molar-refractivity contribution < 1.29 is 8.60 Å². The van der Waals surface area contributed by atoms with Crippen LogP contribution in [0.5, 0.6) is 0 Å². The fourth-order valence-electron chi connectivity index (χ4n) is 1.63. The number of benzene rings is 1. The lowest BCUT2D eigenvalue weighted by Gasteiger charge is -2.07. The lowest BCUT2D eigenvalue weighted by molar-refractivity contribution is 0.595. The lowest BCUT2D eigenvalue weighted by atomic mass is 10.2. The molecule has 0 fully saturated rings. The molecule has 2 rings (SSSR count). The first kappa shape index (κ1) is 12.9. The van der Waals surface area contributed by atoms with Crippen molar-refractivity contribution in [1.29, 1.82) is 0 Å². The average molecular weight is 264 g/mol. The monoisotopic (exact) mass is 264 g/mol. The topological polar surface area (TPSA) is 56.0 Å². The summed E-state index contributed by atoms with van der Waals surface area (Å²) in [6.45, 7) is 0.282. The standard InChI is InChI=1S/C13H13FN2OS/c14-11-5-1-2-6-13(11)18(17)9-10-4-3-7-16-12(10)8-15/h1-7H,8-9,15H2. The molecule has 1 unspecified atom stereocenters. The van der Waals surface area contributed by atoms with Gasteiger partial charge in [-0.15, -0.1) is 0 Å². The molecule has 0 aliphatic rings. The van der Waals surface area contributed by atoms with Crippen LogP contribution in [0.15, 0.2) is 47.5 Å². The summed E-state index contributed by atoms with van der Waals surface area (Å²) in [5, 5.41) is 0. The molecule has 0 aliphatic carbocycles. The van der Waals surface area contributed by atoms with Crippen LogP contribution in [0.2, 0.25) is 0 Å². The van der Waals surface area contributed by atoms with Gasteiger partial charge in [0, 0.05) is 12.7 Å². The Morgan fingerprint density at radius 1 is 1.22 bits per heavy atom. The van der Waals surface area contributed by atoms with Crippen LogP contribution in [0.4, 0.5) is 4.39 Å². The summed E-state index contributed by atoms with van der Waals surface area (Å²) >= 11 is 0. The zero-order chi connectivity index (χ0) is 13.0. The first-order valence-electron chi connectivity index (χ1n) is 5.48. The van der Waals surface area contributed by atoms with Crippen molar-refractivity contribution in [3.63, 3.8) is 0 Å². The third-order valence-electron chi connectivity index (χ3n) is 2.55. The number of nitrogens with zero attached hydrogens (tertiary/aromatic N) is 1. The van der Waals surface area contributed by atoms with E-state index in [2.05, 4.69) is 4.98 Å². The fourth-order valence-corrected chi connectivity index (χ4v) is 2.85. The second-order valence-corrected chi connectivity index (χ2v) is 5.15. The van der Waals surface area contributed by atoms with E-state index in [0.717, 1.165) is 5.56 Å². The quantitative estimate of drug-likeness (QED) is 0.918. The van der Waals surface area contributed by atoms with E-state index < -0.39 is 16.6 Å². The molecular weight excluding hydrogens is 251 g/mol. The van der Waals surface area contributed by atoms with Crippen molar-refractivity contribution >= 4 is 10.8 Å². The molecule has 0 radical (unpaired) electrons. The van der Waals surface area contributed by atoms with Gasteiger partial charge in [0.15, 0.2) is 0 Å². The Bertz CT molecular complexity index is 574. The lowest BCUT2D eigenvalue weighted by Crippen LogP contribution is -2.07. The van der Waals surface area contributed by atoms with E-state index >= 15 is 0 Å². The van der Waals surface area contributed by atoms with Gasteiger partial charge in [-0.05, 0) is 23.8 Å². The largest absolute Gasteiger partial charge is 0.325 e. The molecule has 0 saturated heterocycles. The maximum absolute atomic E-state index is 13.5. The molecule has 2 N–H and O–H groups in total. The molecule has 18 heavy (non-hydrogen) atoms. The summed E-state index contributed by atoms with van der Waals surface area (Å²) in [7, 11) is -1.43. The highest BCUT2D eigenvalue weighted by Crippen LogP contribution is 2.16. The Kier molecular flexibility index (Phi) is 4.17. The fraction of sp³-hybridized carbons (Fsp3) is 0.154. The van der Waals surface area contributed by atoms with Gasteiger partial charge in [-0.2, -0.15) is 0 Å². The zero-order valence-electron chi connectivity index (χ0n) is 9.67. The molecule has 0 spiro atoms. The van der Waals surface area contributed by atoms with E-state index in [1.165, 1.54) is 12.1 Å².